The van der Waals surface area contributed by atoms with E-state index >= 15 is 0 Å². The second-order valence-electron chi connectivity index (χ2n) is 13.2. The molecule has 2 aromatic heterocycles. The SMILES string of the molecule is CN1CCC(Nc2cccc(N[C@H]3CCOc4ccc(OCCCCCOCCCOCC(=O)O)cc43)c2)(c2nc(-c3ccncc3)n[nH]2)CC1. The number of aromatic nitrogens is 4. The van der Waals surface area contributed by atoms with Crippen molar-refractivity contribution in [3.8, 4) is 22.9 Å². The minimum absolute atomic E-state index is 0.0775. The first-order chi connectivity index (χ1) is 25.0. The van der Waals surface area contributed by atoms with Crippen molar-refractivity contribution in [2.24, 2.45) is 0 Å². The average Bonchev–Trinajstić information content (AvgIpc) is 3.65. The number of hydrogen-bond donors (Lipinski definition) is 4. The summed E-state index contributed by atoms with van der Waals surface area (Å²) in [6.45, 7) is 4.53. The molecule has 13 nitrogen and oxygen atoms in total. The van der Waals surface area contributed by atoms with E-state index in [0.717, 1.165) is 91.4 Å². The number of piperidine rings is 1. The maximum absolute atomic E-state index is 10.5. The first kappa shape index (κ1) is 36.1. The van der Waals surface area contributed by atoms with Gasteiger partial charge >= 0.3 is 5.97 Å². The number of pyridine rings is 1. The number of carboxylic acids is 1. The van der Waals surface area contributed by atoms with E-state index < -0.39 is 5.97 Å². The number of carboxylic acid groups (broad SMARTS) is 1. The third-order valence-electron chi connectivity index (χ3n) is 9.33. The third kappa shape index (κ3) is 10.2. The number of aliphatic carboxylic acids is 1. The second kappa shape index (κ2) is 18.0. The van der Waals surface area contributed by atoms with Gasteiger partial charge in [0.25, 0.3) is 0 Å². The Morgan fingerprint density at radius 1 is 0.980 bits per heavy atom. The number of hydrogen-bond acceptors (Lipinski definition) is 11. The van der Waals surface area contributed by atoms with Gasteiger partial charge in [0.05, 0.1) is 24.8 Å². The largest absolute Gasteiger partial charge is 0.494 e. The van der Waals surface area contributed by atoms with Gasteiger partial charge in [0.2, 0.25) is 0 Å². The fourth-order valence-corrected chi connectivity index (χ4v) is 6.50. The molecule has 1 saturated heterocycles. The molecule has 4 N–H and O–H groups in total. The highest BCUT2D eigenvalue weighted by atomic mass is 16.5. The zero-order chi connectivity index (χ0) is 35.3. The number of anilines is 2. The van der Waals surface area contributed by atoms with E-state index in [1.807, 2.05) is 24.3 Å². The van der Waals surface area contributed by atoms with Gasteiger partial charge in [-0.05, 0) is 94.1 Å². The van der Waals surface area contributed by atoms with Gasteiger partial charge in [0.1, 0.15) is 18.1 Å². The molecule has 2 aromatic carbocycles. The molecule has 6 rings (SSSR count). The summed E-state index contributed by atoms with van der Waals surface area (Å²) in [7, 11) is 2.16. The molecule has 0 spiro atoms. The van der Waals surface area contributed by atoms with Crippen molar-refractivity contribution in [3.63, 3.8) is 0 Å². The average molecular weight is 700 g/mol. The van der Waals surface area contributed by atoms with Crippen LogP contribution in [-0.2, 0) is 19.8 Å². The van der Waals surface area contributed by atoms with Crippen molar-refractivity contribution in [2.75, 3.05) is 70.4 Å². The first-order valence-electron chi connectivity index (χ1n) is 17.9. The zero-order valence-corrected chi connectivity index (χ0v) is 29.3. The van der Waals surface area contributed by atoms with E-state index in [9.17, 15) is 4.79 Å². The van der Waals surface area contributed by atoms with Gasteiger partial charge < -0.3 is 39.6 Å². The molecule has 1 fully saturated rings. The van der Waals surface area contributed by atoms with E-state index in [1.54, 1.807) is 12.4 Å². The van der Waals surface area contributed by atoms with E-state index in [0.29, 0.717) is 45.3 Å². The van der Waals surface area contributed by atoms with Gasteiger partial charge in [-0.25, -0.2) is 9.78 Å². The Kier molecular flexibility index (Phi) is 12.7. The normalized spacial score (nSPS) is 16.9. The van der Waals surface area contributed by atoms with Crippen LogP contribution in [0.5, 0.6) is 11.5 Å². The maximum atomic E-state index is 10.5. The van der Waals surface area contributed by atoms with Crippen molar-refractivity contribution in [3.05, 3.63) is 78.4 Å². The summed E-state index contributed by atoms with van der Waals surface area (Å²) >= 11 is 0. The molecule has 51 heavy (non-hydrogen) atoms. The molecule has 0 aliphatic carbocycles. The number of fused-ring (bicyclic) bond motifs is 1. The molecule has 0 amide bonds. The molecule has 2 aliphatic rings. The molecule has 4 aromatic rings. The van der Waals surface area contributed by atoms with Crippen LogP contribution in [0.4, 0.5) is 11.4 Å². The van der Waals surface area contributed by atoms with Crippen molar-refractivity contribution >= 4 is 17.3 Å². The summed E-state index contributed by atoms with van der Waals surface area (Å²) in [5.74, 6) is 2.28. The van der Waals surface area contributed by atoms with E-state index in [4.69, 9.17) is 29.0 Å². The summed E-state index contributed by atoms with van der Waals surface area (Å²) in [5, 5.41) is 24.1. The Balaban J connectivity index is 1.02. The molecule has 13 heteroatoms. The van der Waals surface area contributed by atoms with Crippen LogP contribution < -0.4 is 20.1 Å². The molecule has 272 valence electrons. The molecule has 0 radical (unpaired) electrons. The quantitative estimate of drug-likeness (QED) is 0.0862. The van der Waals surface area contributed by atoms with Crippen molar-refractivity contribution in [1.82, 2.24) is 25.1 Å². The Morgan fingerprint density at radius 2 is 1.76 bits per heavy atom. The lowest BCUT2D eigenvalue weighted by molar-refractivity contribution is -0.142. The van der Waals surface area contributed by atoms with E-state index in [-0.39, 0.29) is 18.2 Å². The van der Waals surface area contributed by atoms with Gasteiger partial charge in [0.15, 0.2) is 11.6 Å². The highest BCUT2D eigenvalue weighted by Gasteiger charge is 2.39. The monoisotopic (exact) mass is 699 g/mol. The number of aromatic amines is 1. The number of rotatable bonds is 19. The molecule has 0 bridgehead atoms. The molecule has 2 aliphatic heterocycles. The summed E-state index contributed by atoms with van der Waals surface area (Å²) in [6, 6.07) is 18.5. The van der Waals surface area contributed by atoms with E-state index in [2.05, 4.69) is 68.1 Å². The van der Waals surface area contributed by atoms with Gasteiger partial charge in [-0.15, -0.1) is 0 Å². The Morgan fingerprint density at radius 3 is 2.61 bits per heavy atom. The molecule has 4 heterocycles. The summed E-state index contributed by atoms with van der Waals surface area (Å²) < 4.78 is 22.8. The molecular weight excluding hydrogens is 650 g/mol. The van der Waals surface area contributed by atoms with Crippen LogP contribution in [0.2, 0.25) is 0 Å². The number of H-pyrrole nitrogens is 1. The minimum atomic E-state index is -0.953. The number of ether oxygens (including phenoxy) is 4. The summed E-state index contributed by atoms with van der Waals surface area (Å²) in [6.07, 6.45) is 9.70. The van der Waals surface area contributed by atoms with Crippen LogP contribution in [0.15, 0.2) is 67.0 Å². The zero-order valence-electron chi connectivity index (χ0n) is 29.3. The highest BCUT2D eigenvalue weighted by Crippen LogP contribution is 2.39. The molecule has 0 unspecified atom stereocenters. The van der Waals surface area contributed by atoms with Gasteiger partial charge in [0, 0.05) is 74.2 Å². The van der Waals surface area contributed by atoms with Crippen LogP contribution in [0, 0.1) is 0 Å². The van der Waals surface area contributed by atoms with Gasteiger partial charge in [-0.2, -0.15) is 5.10 Å². The topological polar surface area (TPSA) is 156 Å². The fourth-order valence-electron chi connectivity index (χ4n) is 6.50. The van der Waals surface area contributed by atoms with Crippen LogP contribution in [0.3, 0.4) is 0 Å². The van der Waals surface area contributed by atoms with Crippen molar-refractivity contribution < 1.29 is 28.8 Å². The van der Waals surface area contributed by atoms with Crippen LogP contribution in [-0.4, -0.2) is 95.9 Å². The Bertz CT molecular complexity index is 1680. The molecular formula is C38H49N7O6. The lowest BCUT2D eigenvalue weighted by Crippen LogP contribution is -2.46. The predicted molar refractivity (Wildman–Crippen MR) is 194 cm³/mol. The van der Waals surface area contributed by atoms with Crippen LogP contribution >= 0.6 is 0 Å². The number of likely N-dealkylation sites (tertiary alicyclic amines) is 1. The van der Waals surface area contributed by atoms with Crippen LogP contribution in [0.25, 0.3) is 11.4 Å². The number of nitrogens with zero attached hydrogens (tertiary/aromatic N) is 4. The Labute approximate surface area is 299 Å². The molecule has 1 atom stereocenters. The lowest BCUT2D eigenvalue weighted by atomic mass is 9.86. The minimum Gasteiger partial charge on any atom is -0.494 e. The smallest absolute Gasteiger partial charge is 0.329 e. The standard InChI is InChI=1S/C38H49N7O6/c1-45-18-14-38(15-19-45,37-41-36(43-44-37)28-11-16-39-17-12-28)42-30-8-5-7-29(25-30)40-33-13-24-51-34-10-9-31(26-32(33)34)50-23-4-2-3-20-48-21-6-22-49-27-35(46)47/h5,7-12,16-17,25-26,33,40,42H,2-4,6,13-15,18-24,27H2,1H3,(H,46,47)(H,41,43,44)/t33-/m0/s1. The second-order valence-corrected chi connectivity index (χ2v) is 13.2. The fraction of sp³-hybridized carbons (Fsp3) is 0.474. The van der Waals surface area contributed by atoms with Crippen molar-refractivity contribution in [2.45, 2.75) is 56.5 Å². The number of unbranched alkanes of at least 4 members (excludes halogenated alkanes) is 2. The first-order valence-corrected chi connectivity index (χ1v) is 17.9. The number of carbonyl (C=O) groups is 1. The van der Waals surface area contributed by atoms with Gasteiger partial charge in [-0.1, -0.05) is 6.07 Å². The summed E-state index contributed by atoms with van der Waals surface area (Å²) in [5.41, 5.74) is 3.69. The maximum Gasteiger partial charge on any atom is 0.329 e. The number of benzene rings is 2. The van der Waals surface area contributed by atoms with E-state index in [1.165, 1.54) is 0 Å². The highest BCUT2D eigenvalue weighted by molar-refractivity contribution is 5.68. The lowest BCUT2D eigenvalue weighted by Gasteiger charge is -2.40. The van der Waals surface area contributed by atoms with Gasteiger partial charge in [-0.3, -0.25) is 10.1 Å². The molecule has 0 saturated carbocycles. The third-order valence-corrected chi connectivity index (χ3v) is 9.33. The van der Waals surface area contributed by atoms with Crippen molar-refractivity contribution in [1.29, 1.82) is 0 Å². The van der Waals surface area contributed by atoms with Crippen LogP contribution in [0.1, 0.15) is 62.4 Å². The summed E-state index contributed by atoms with van der Waals surface area (Å²) in [4.78, 5) is 21.9. The Hall–Kier alpha value is -4.72. The number of nitrogens with one attached hydrogen (secondary N) is 3. The predicted octanol–water partition coefficient (Wildman–Crippen LogP) is 5.89.